The van der Waals surface area contributed by atoms with Crippen molar-refractivity contribution in [1.29, 1.82) is 0 Å². The molecule has 0 amide bonds. The molecule has 0 bridgehead atoms. The van der Waals surface area contributed by atoms with Crippen LogP contribution in [0.4, 0.5) is 15.8 Å². The first-order valence-electron chi connectivity index (χ1n) is 11.3. The Morgan fingerprint density at radius 3 is 2.66 bits per heavy atom. The molecule has 1 saturated heterocycles. The summed E-state index contributed by atoms with van der Waals surface area (Å²) in [5.41, 5.74) is 4.09. The van der Waals surface area contributed by atoms with Gasteiger partial charge in [-0.25, -0.2) is 19.3 Å². The van der Waals surface area contributed by atoms with Crippen LogP contribution in [0.1, 0.15) is 18.5 Å². The minimum atomic E-state index is -0.383. The molecule has 0 saturated carbocycles. The van der Waals surface area contributed by atoms with Gasteiger partial charge in [-0.2, -0.15) is 5.11 Å². The van der Waals surface area contributed by atoms with Crippen molar-refractivity contribution in [2.75, 3.05) is 20.3 Å². The molecule has 2 aromatic heterocycles. The van der Waals surface area contributed by atoms with E-state index in [0.717, 1.165) is 40.6 Å². The number of halogens is 1. The maximum atomic E-state index is 13.5. The Labute approximate surface area is 201 Å². The molecule has 3 heterocycles. The summed E-state index contributed by atoms with van der Waals surface area (Å²) in [6.45, 7) is 3.30. The van der Waals surface area contributed by atoms with E-state index in [1.807, 2.05) is 25.1 Å². The summed E-state index contributed by atoms with van der Waals surface area (Å²) in [5.74, 6) is 0.618. The molecule has 178 valence electrons. The fourth-order valence-corrected chi connectivity index (χ4v) is 3.97. The lowest BCUT2D eigenvalue weighted by Gasteiger charge is -2.24. The van der Waals surface area contributed by atoms with Gasteiger partial charge in [0.2, 0.25) is 5.88 Å². The third-order valence-corrected chi connectivity index (χ3v) is 5.81. The SMILES string of the molecule is COc1ncc(-c2cc(OC3CCOCC3)c3ncnc(C)c3c2)cc1N=Nc1cccc(F)c1. The largest absolute Gasteiger partial charge is 0.488 e. The van der Waals surface area contributed by atoms with Crippen LogP contribution in [0.3, 0.4) is 0 Å². The van der Waals surface area contributed by atoms with E-state index in [0.29, 0.717) is 36.2 Å². The van der Waals surface area contributed by atoms with Crippen molar-refractivity contribution >= 4 is 22.3 Å². The zero-order valence-corrected chi connectivity index (χ0v) is 19.4. The van der Waals surface area contributed by atoms with Gasteiger partial charge in [-0.15, -0.1) is 5.11 Å². The molecule has 2 aromatic carbocycles. The molecular formula is C26H24FN5O3. The summed E-state index contributed by atoms with van der Waals surface area (Å²) >= 11 is 0. The summed E-state index contributed by atoms with van der Waals surface area (Å²) in [6.07, 6.45) is 4.96. The highest BCUT2D eigenvalue weighted by molar-refractivity contribution is 5.91. The van der Waals surface area contributed by atoms with Gasteiger partial charge in [0.05, 0.1) is 26.0 Å². The van der Waals surface area contributed by atoms with Crippen LogP contribution >= 0.6 is 0 Å². The number of nitrogens with zero attached hydrogens (tertiary/aromatic N) is 5. The molecule has 5 rings (SSSR count). The van der Waals surface area contributed by atoms with E-state index in [1.54, 1.807) is 24.7 Å². The van der Waals surface area contributed by atoms with Crippen molar-refractivity contribution in [2.45, 2.75) is 25.9 Å². The first-order chi connectivity index (χ1) is 17.1. The number of azo groups is 1. The minimum Gasteiger partial charge on any atom is -0.488 e. The zero-order valence-electron chi connectivity index (χ0n) is 19.4. The number of methoxy groups -OCH3 is 1. The van der Waals surface area contributed by atoms with Gasteiger partial charge in [-0.3, -0.25) is 0 Å². The Balaban J connectivity index is 1.56. The van der Waals surface area contributed by atoms with E-state index in [-0.39, 0.29) is 11.9 Å². The van der Waals surface area contributed by atoms with Gasteiger partial charge in [0.25, 0.3) is 0 Å². The number of fused-ring (bicyclic) bond motifs is 1. The predicted octanol–water partition coefficient (Wildman–Crippen LogP) is 6.12. The van der Waals surface area contributed by atoms with Crippen molar-refractivity contribution < 1.29 is 18.6 Å². The first-order valence-corrected chi connectivity index (χ1v) is 11.3. The molecule has 0 spiro atoms. The quantitative estimate of drug-likeness (QED) is 0.313. The van der Waals surface area contributed by atoms with Gasteiger partial charge in [0.1, 0.15) is 35.2 Å². The number of hydrogen-bond acceptors (Lipinski definition) is 8. The lowest BCUT2D eigenvalue weighted by molar-refractivity contribution is 0.0261. The summed E-state index contributed by atoms with van der Waals surface area (Å²) < 4.78 is 30.7. The van der Waals surface area contributed by atoms with Crippen LogP contribution in [-0.2, 0) is 4.74 Å². The predicted molar refractivity (Wildman–Crippen MR) is 129 cm³/mol. The minimum absolute atomic E-state index is 0.0575. The van der Waals surface area contributed by atoms with Crippen molar-refractivity contribution in [2.24, 2.45) is 10.2 Å². The molecule has 0 radical (unpaired) electrons. The van der Waals surface area contributed by atoms with Crippen molar-refractivity contribution in [3.63, 3.8) is 0 Å². The van der Waals surface area contributed by atoms with E-state index in [1.165, 1.54) is 19.2 Å². The second-order valence-corrected chi connectivity index (χ2v) is 8.19. The average Bonchev–Trinajstić information content (AvgIpc) is 2.88. The number of aromatic nitrogens is 3. The fourth-order valence-electron chi connectivity index (χ4n) is 3.97. The second kappa shape index (κ2) is 10.1. The van der Waals surface area contributed by atoms with Crippen LogP contribution in [0.25, 0.3) is 22.0 Å². The molecular weight excluding hydrogens is 449 g/mol. The molecule has 9 heteroatoms. The molecule has 4 aromatic rings. The first kappa shape index (κ1) is 22.8. The van der Waals surface area contributed by atoms with Gasteiger partial charge in [-0.1, -0.05) is 6.07 Å². The van der Waals surface area contributed by atoms with Gasteiger partial charge < -0.3 is 14.2 Å². The van der Waals surface area contributed by atoms with Crippen LogP contribution in [0, 0.1) is 12.7 Å². The van der Waals surface area contributed by atoms with Crippen LogP contribution in [0.15, 0.2) is 65.2 Å². The number of benzene rings is 2. The average molecular weight is 474 g/mol. The number of hydrogen-bond donors (Lipinski definition) is 0. The van der Waals surface area contributed by atoms with Crippen LogP contribution in [0.2, 0.25) is 0 Å². The highest BCUT2D eigenvalue weighted by Crippen LogP contribution is 2.37. The van der Waals surface area contributed by atoms with Gasteiger partial charge in [0, 0.05) is 41.7 Å². The van der Waals surface area contributed by atoms with Gasteiger partial charge >= 0.3 is 0 Å². The Hall–Kier alpha value is -3.98. The third kappa shape index (κ3) is 5.09. The molecule has 8 nitrogen and oxygen atoms in total. The summed E-state index contributed by atoms with van der Waals surface area (Å²) in [6, 6.07) is 11.7. The lowest BCUT2D eigenvalue weighted by atomic mass is 10.0. The lowest BCUT2D eigenvalue weighted by Crippen LogP contribution is -2.26. The molecule has 0 aliphatic carbocycles. The van der Waals surface area contributed by atoms with Gasteiger partial charge in [-0.05, 0) is 42.8 Å². The van der Waals surface area contributed by atoms with Crippen molar-refractivity contribution in [3.05, 3.63) is 66.5 Å². The third-order valence-electron chi connectivity index (χ3n) is 5.81. The zero-order chi connectivity index (χ0) is 24.2. The highest BCUT2D eigenvalue weighted by atomic mass is 19.1. The smallest absolute Gasteiger partial charge is 0.241 e. The normalized spacial score (nSPS) is 14.5. The van der Waals surface area contributed by atoms with Crippen LogP contribution in [-0.4, -0.2) is 41.4 Å². The fraction of sp³-hybridized carbons (Fsp3) is 0.269. The summed E-state index contributed by atoms with van der Waals surface area (Å²) in [4.78, 5) is 13.3. The van der Waals surface area contributed by atoms with Gasteiger partial charge in [0.15, 0.2) is 0 Å². The summed E-state index contributed by atoms with van der Waals surface area (Å²) in [5, 5.41) is 9.31. The van der Waals surface area contributed by atoms with Crippen molar-refractivity contribution in [1.82, 2.24) is 15.0 Å². The molecule has 35 heavy (non-hydrogen) atoms. The Morgan fingerprint density at radius 1 is 1.00 bits per heavy atom. The van der Waals surface area contributed by atoms with E-state index in [2.05, 4.69) is 25.2 Å². The molecule has 0 unspecified atom stereocenters. The summed E-state index contributed by atoms with van der Waals surface area (Å²) in [7, 11) is 1.51. The Morgan fingerprint density at radius 2 is 1.86 bits per heavy atom. The molecule has 0 atom stereocenters. The number of ether oxygens (including phenoxy) is 3. The molecule has 0 N–H and O–H groups in total. The number of pyridine rings is 1. The molecule has 1 fully saturated rings. The topological polar surface area (TPSA) is 91.1 Å². The highest BCUT2D eigenvalue weighted by Gasteiger charge is 2.19. The molecule has 1 aliphatic heterocycles. The second-order valence-electron chi connectivity index (χ2n) is 8.19. The maximum absolute atomic E-state index is 13.5. The Kier molecular flexibility index (Phi) is 6.58. The van der Waals surface area contributed by atoms with E-state index in [4.69, 9.17) is 14.2 Å². The Bertz CT molecular complexity index is 1390. The van der Waals surface area contributed by atoms with Crippen LogP contribution < -0.4 is 9.47 Å². The standard InChI is InChI=1S/C26H24FN5O3/c1-16-22-10-17(12-24(25(22)30-15-29-16)35-21-6-8-34-9-7-21)18-11-23(26(33-2)28-14-18)32-31-20-5-3-4-19(27)13-20/h3-5,10-15,21H,6-9H2,1-2H3. The number of aryl methyl sites for hydroxylation is 1. The van der Waals surface area contributed by atoms with Crippen molar-refractivity contribution in [3.8, 4) is 22.8 Å². The molecule has 1 aliphatic rings. The number of rotatable bonds is 6. The monoisotopic (exact) mass is 473 g/mol. The van der Waals surface area contributed by atoms with Crippen LogP contribution in [0.5, 0.6) is 11.6 Å². The van der Waals surface area contributed by atoms with E-state index >= 15 is 0 Å². The van der Waals surface area contributed by atoms with E-state index < -0.39 is 0 Å². The van der Waals surface area contributed by atoms with E-state index in [9.17, 15) is 4.39 Å². The maximum Gasteiger partial charge on any atom is 0.241 e.